The molecule has 0 bridgehead atoms. The maximum atomic E-state index is 12.4. The zero-order chi connectivity index (χ0) is 19.2. The fraction of sp³-hybridized carbons (Fsp3) is 0.136. The first-order chi connectivity index (χ1) is 13.1. The first kappa shape index (κ1) is 18.3. The Hall–Kier alpha value is -3.47. The molecule has 3 aromatic rings. The smallest absolute Gasteiger partial charge is 0.270 e. The fourth-order valence-electron chi connectivity index (χ4n) is 2.75. The van der Waals surface area contributed by atoms with Crippen LogP contribution in [0.15, 0.2) is 67.3 Å². The Bertz CT molecular complexity index is 998. The molecule has 5 heteroatoms. The third kappa shape index (κ3) is 4.39. The van der Waals surface area contributed by atoms with E-state index in [2.05, 4.69) is 16.9 Å². The second-order valence-corrected chi connectivity index (χ2v) is 6.13. The van der Waals surface area contributed by atoms with Gasteiger partial charge in [-0.15, -0.1) is 0 Å². The van der Waals surface area contributed by atoms with Crippen LogP contribution in [0.3, 0.4) is 0 Å². The summed E-state index contributed by atoms with van der Waals surface area (Å²) in [4.78, 5) is 27.2. The second-order valence-electron chi connectivity index (χ2n) is 6.13. The molecule has 0 aliphatic heterocycles. The third-order valence-electron chi connectivity index (χ3n) is 4.18. The quantitative estimate of drug-likeness (QED) is 0.509. The first-order valence-corrected chi connectivity index (χ1v) is 8.61. The molecule has 0 aliphatic carbocycles. The van der Waals surface area contributed by atoms with Crippen LogP contribution in [0.5, 0.6) is 5.75 Å². The van der Waals surface area contributed by atoms with E-state index in [1.807, 2.05) is 43.3 Å². The SMILES string of the molecule is C=CCOc1ccc2cc([C@@H](C)NC(=O)c3cccc(C=O)n3)ccc2c1. The van der Waals surface area contributed by atoms with Crippen LogP contribution in [0.4, 0.5) is 0 Å². The van der Waals surface area contributed by atoms with E-state index in [-0.39, 0.29) is 23.3 Å². The van der Waals surface area contributed by atoms with E-state index in [4.69, 9.17) is 4.74 Å². The lowest BCUT2D eigenvalue weighted by Gasteiger charge is -2.15. The molecule has 0 spiro atoms. The van der Waals surface area contributed by atoms with Gasteiger partial charge in [0.05, 0.1) is 6.04 Å². The summed E-state index contributed by atoms with van der Waals surface area (Å²) >= 11 is 0. The molecule has 5 nitrogen and oxygen atoms in total. The van der Waals surface area contributed by atoms with Gasteiger partial charge in [-0.2, -0.15) is 0 Å². The number of fused-ring (bicyclic) bond motifs is 1. The highest BCUT2D eigenvalue weighted by atomic mass is 16.5. The van der Waals surface area contributed by atoms with Crippen molar-refractivity contribution < 1.29 is 14.3 Å². The highest BCUT2D eigenvalue weighted by Crippen LogP contribution is 2.24. The number of aromatic nitrogens is 1. The number of hydrogen-bond acceptors (Lipinski definition) is 4. The zero-order valence-corrected chi connectivity index (χ0v) is 15.0. The summed E-state index contributed by atoms with van der Waals surface area (Å²) < 4.78 is 5.55. The highest BCUT2D eigenvalue weighted by Gasteiger charge is 2.13. The molecule has 1 atom stereocenters. The summed E-state index contributed by atoms with van der Waals surface area (Å²) in [5.41, 5.74) is 1.42. The van der Waals surface area contributed by atoms with Crippen LogP contribution in [0, 0.1) is 0 Å². The van der Waals surface area contributed by atoms with Crippen molar-refractivity contribution in [2.75, 3.05) is 6.61 Å². The Labute approximate surface area is 157 Å². The molecular formula is C22H20N2O3. The second kappa shape index (κ2) is 8.27. The summed E-state index contributed by atoms with van der Waals surface area (Å²) in [5, 5.41) is 5.03. The van der Waals surface area contributed by atoms with Crippen LogP contribution in [0.2, 0.25) is 0 Å². The van der Waals surface area contributed by atoms with Crippen LogP contribution in [0.1, 0.15) is 39.5 Å². The van der Waals surface area contributed by atoms with Crippen molar-refractivity contribution in [3.05, 3.63) is 84.2 Å². The highest BCUT2D eigenvalue weighted by molar-refractivity contribution is 5.93. The summed E-state index contributed by atoms with van der Waals surface area (Å²) in [6.07, 6.45) is 2.33. The number of ether oxygens (including phenoxy) is 1. The first-order valence-electron chi connectivity index (χ1n) is 8.61. The lowest BCUT2D eigenvalue weighted by Crippen LogP contribution is -2.27. The maximum absolute atomic E-state index is 12.4. The molecule has 1 heterocycles. The molecule has 1 N–H and O–H groups in total. The monoisotopic (exact) mass is 360 g/mol. The fourth-order valence-corrected chi connectivity index (χ4v) is 2.75. The Morgan fingerprint density at radius 3 is 2.74 bits per heavy atom. The Morgan fingerprint density at radius 2 is 1.96 bits per heavy atom. The largest absolute Gasteiger partial charge is 0.490 e. The minimum Gasteiger partial charge on any atom is -0.490 e. The minimum atomic E-state index is -0.320. The summed E-state index contributed by atoms with van der Waals surface area (Å²) in [6.45, 7) is 6.01. The summed E-state index contributed by atoms with van der Waals surface area (Å²) in [7, 11) is 0. The van der Waals surface area contributed by atoms with Crippen LogP contribution >= 0.6 is 0 Å². The van der Waals surface area contributed by atoms with Crippen molar-refractivity contribution in [3.63, 3.8) is 0 Å². The third-order valence-corrected chi connectivity index (χ3v) is 4.18. The number of carbonyl (C=O) groups excluding carboxylic acids is 2. The molecule has 27 heavy (non-hydrogen) atoms. The van der Waals surface area contributed by atoms with Gasteiger partial charge in [-0.05, 0) is 53.6 Å². The van der Waals surface area contributed by atoms with Gasteiger partial charge in [-0.1, -0.05) is 36.9 Å². The lowest BCUT2D eigenvalue weighted by atomic mass is 10.0. The number of aldehydes is 1. The number of nitrogens with one attached hydrogen (secondary N) is 1. The van der Waals surface area contributed by atoms with Crippen molar-refractivity contribution in [2.45, 2.75) is 13.0 Å². The van der Waals surface area contributed by atoms with Gasteiger partial charge in [-0.25, -0.2) is 4.98 Å². The minimum absolute atomic E-state index is 0.208. The van der Waals surface area contributed by atoms with E-state index in [0.29, 0.717) is 12.9 Å². The molecule has 136 valence electrons. The molecule has 1 amide bonds. The van der Waals surface area contributed by atoms with Gasteiger partial charge >= 0.3 is 0 Å². The van der Waals surface area contributed by atoms with Gasteiger partial charge in [0.1, 0.15) is 23.7 Å². The van der Waals surface area contributed by atoms with E-state index in [0.717, 1.165) is 22.1 Å². The molecule has 3 rings (SSSR count). The number of amides is 1. The molecule has 0 saturated heterocycles. The standard InChI is InChI=1S/C22H20N2O3/c1-3-11-27-20-10-9-17-12-16(7-8-18(17)13-20)15(2)23-22(26)21-6-4-5-19(14-25)24-21/h3-10,12-15H,1,11H2,2H3,(H,23,26)/t15-/m1/s1. The number of pyridine rings is 1. The number of rotatable bonds is 7. The normalized spacial score (nSPS) is 11.6. The number of nitrogens with zero attached hydrogens (tertiary/aromatic N) is 1. The molecule has 0 aliphatic rings. The van der Waals surface area contributed by atoms with Gasteiger partial charge in [0.15, 0.2) is 6.29 Å². The van der Waals surface area contributed by atoms with E-state index in [1.165, 1.54) is 0 Å². The molecule has 0 saturated carbocycles. The number of hydrogen-bond donors (Lipinski definition) is 1. The average molecular weight is 360 g/mol. The predicted molar refractivity (Wildman–Crippen MR) is 105 cm³/mol. The van der Waals surface area contributed by atoms with Gasteiger partial charge in [0.2, 0.25) is 0 Å². The van der Waals surface area contributed by atoms with E-state index in [1.54, 1.807) is 24.3 Å². The molecule has 2 aromatic carbocycles. The molecule has 0 fully saturated rings. The van der Waals surface area contributed by atoms with E-state index >= 15 is 0 Å². The van der Waals surface area contributed by atoms with Gasteiger partial charge < -0.3 is 10.1 Å². The van der Waals surface area contributed by atoms with Gasteiger partial charge in [-0.3, -0.25) is 9.59 Å². The average Bonchev–Trinajstić information content (AvgIpc) is 2.71. The van der Waals surface area contributed by atoms with Crippen molar-refractivity contribution >= 4 is 23.0 Å². The molecule has 0 radical (unpaired) electrons. The Kier molecular flexibility index (Phi) is 5.61. The predicted octanol–water partition coefficient (Wildman–Crippen LogP) is 4.10. The Morgan fingerprint density at radius 1 is 1.19 bits per heavy atom. The maximum Gasteiger partial charge on any atom is 0.270 e. The van der Waals surface area contributed by atoms with Gasteiger partial charge in [0, 0.05) is 0 Å². The van der Waals surface area contributed by atoms with Crippen LogP contribution < -0.4 is 10.1 Å². The number of benzene rings is 2. The molecule has 1 aromatic heterocycles. The molecule has 0 unspecified atom stereocenters. The van der Waals surface area contributed by atoms with E-state index < -0.39 is 0 Å². The van der Waals surface area contributed by atoms with Gasteiger partial charge in [0.25, 0.3) is 5.91 Å². The van der Waals surface area contributed by atoms with Crippen LogP contribution in [-0.2, 0) is 0 Å². The Balaban J connectivity index is 1.76. The van der Waals surface area contributed by atoms with Crippen molar-refractivity contribution in [1.82, 2.24) is 10.3 Å². The van der Waals surface area contributed by atoms with Crippen molar-refractivity contribution in [1.29, 1.82) is 0 Å². The summed E-state index contributed by atoms with van der Waals surface area (Å²) in [6, 6.07) is 16.4. The summed E-state index contributed by atoms with van der Waals surface area (Å²) in [5.74, 6) is 0.470. The molecular weight excluding hydrogens is 340 g/mol. The lowest BCUT2D eigenvalue weighted by molar-refractivity contribution is 0.0935. The van der Waals surface area contributed by atoms with Crippen molar-refractivity contribution in [2.24, 2.45) is 0 Å². The topological polar surface area (TPSA) is 68.3 Å². The van der Waals surface area contributed by atoms with E-state index in [9.17, 15) is 9.59 Å². The van der Waals surface area contributed by atoms with Crippen LogP contribution in [-0.4, -0.2) is 23.8 Å². The zero-order valence-electron chi connectivity index (χ0n) is 15.0. The van der Waals surface area contributed by atoms with Crippen LogP contribution in [0.25, 0.3) is 10.8 Å². The number of carbonyl (C=O) groups is 2. The van der Waals surface area contributed by atoms with Crippen molar-refractivity contribution in [3.8, 4) is 5.75 Å².